The molecule has 0 spiro atoms. The van der Waals surface area contributed by atoms with Crippen LogP contribution in [0.1, 0.15) is 12.8 Å². The SMILES string of the molecule is Fc1cccnc1OC1CC1. The van der Waals surface area contributed by atoms with Crippen molar-refractivity contribution in [3.8, 4) is 5.88 Å². The van der Waals surface area contributed by atoms with Crippen molar-refractivity contribution in [2.75, 3.05) is 0 Å². The molecule has 1 heterocycles. The van der Waals surface area contributed by atoms with E-state index < -0.39 is 0 Å². The molecule has 0 amide bonds. The van der Waals surface area contributed by atoms with Crippen molar-refractivity contribution >= 4 is 0 Å². The lowest BCUT2D eigenvalue weighted by molar-refractivity contribution is 0.274. The smallest absolute Gasteiger partial charge is 0.250 e. The highest BCUT2D eigenvalue weighted by atomic mass is 19.1. The number of pyridine rings is 1. The van der Waals surface area contributed by atoms with Crippen molar-refractivity contribution < 1.29 is 9.13 Å². The normalized spacial score (nSPS) is 16.5. The molecule has 3 heteroatoms. The van der Waals surface area contributed by atoms with E-state index in [0.717, 1.165) is 12.8 Å². The summed E-state index contributed by atoms with van der Waals surface area (Å²) < 4.78 is 18.0. The predicted octanol–water partition coefficient (Wildman–Crippen LogP) is 1.76. The quantitative estimate of drug-likeness (QED) is 0.645. The average molecular weight is 153 g/mol. The summed E-state index contributed by atoms with van der Waals surface area (Å²) in [6, 6.07) is 2.90. The molecule has 0 aromatic carbocycles. The summed E-state index contributed by atoms with van der Waals surface area (Å²) >= 11 is 0. The molecule has 0 unspecified atom stereocenters. The van der Waals surface area contributed by atoms with Crippen molar-refractivity contribution in [2.45, 2.75) is 18.9 Å². The molecule has 1 saturated carbocycles. The lowest BCUT2D eigenvalue weighted by atomic mass is 10.5. The summed E-state index contributed by atoms with van der Waals surface area (Å²) in [5, 5.41) is 0. The Kier molecular flexibility index (Phi) is 1.49. The highest BCUT2D eigenvalue weighted by molar-refractivity contribution is 5.13. The molecule has 1 aliphatic rings. The van der Waals surface area contributed by atoms with Crippen LogP contribution in [0.25, 0.3) is 0 Å². The summed E-state index contributed by atoms with van der Waals surface area (Å²) in [6.07, 6.45) is 3.78. The molecule has 11 heavy (non-hydrogen) atoms. The van der Waals surface area contributed by atoms with Gasteiger partial charge in [0.25, 0.3) is 5.88 Å². The highest BCUT2D eigenvalue weighted by Gasteiger charge is 2.25. The second-order valence-corrected chi connectivity index (χ2v) is 2.61. The highest BCUT2D eigenvalue weighted by Crippen LogP contribution is 2.26. The van der Waals surface area contributed by atoms with Crippen LogP contribution in [0.3, 0.4) is 0 Å². The number of nitrogens with zero attached hydrogens (tertiary/aromatic N) is 1. The molecule has 2 rings (SSSR count). The largest absolute Gasteiger partial charge is 0.472 e. The van der Waals surface area contributed by atoms with Crippen LogP contribution in [0.5, 0.6) is 5.88 Å². The zero-order chi connectivity index (χ0) is 7.68. The van der Waals surface area contributed by atoms with Crippen LogP contribution < -0.4 is 4.74 Å². The molecule has 0 radical (unpaired) electrons. The third-order valence-corrected chi connectivity index (χ3v) is 1.53. The zero-order valence-electron chi connectivity index (χ0n) is 5.96. The summed E-state index contributed by atoms with van der Waals surface area (Å²) in [6.45, 7) is 0. The minimum absolute atomic E-state index is 0.134. The maximum absolute atomic E-state index is 12.8. The van der Waals surface area contributed by atoms with Gasteiger partial charge in [0.15, 0.2) is 5.82 Å². The van der Waals surface area contributed by atoms with Gasteiger partial charge in [-0.2, -0.15) is 0 Å². The zero-order valence-corrected chi connectivity index (χ0v) is 5.96. The molecule has 0 bridgehead atoms. The van der Waals surface area contributed by atoms with Crippen LogP contribution >= 0.6 is 0 Å². The molecule has 1 aromatic rings. The van der Waals surface area contributed by atoms with E-state index >= 15 is 0 Å². The topological polar surface area (TPSA) is 22.1 Å². The van der Waals surface area contributed by atoms with E-state index in [-0.39, 0.29) is 17.8 Å². The molecular formula is C8H8FNO. The Bertz CT molecular complexity index is 260. The molecule has 1 fully saturated rings. The van der Waals surface area contributed by atoms with Gasteiger partial charge in [0.1, 0.15) is 6.10 Å². The monoisotopic (exact) mass is 153 g/mol. The van der Waals surface area contributed by atoms with E-state index in [0.29, 0.717) is 0 Å². The lowest BCUT2D eigenvalue weighted by Gasteiger charge is -2.01. The van der Waals surface area contributed by atoms with Gasteiger partial charge >= 0.3 is 0 Å². The van der Waals surface area contributed by atoms with Crippen LogP contribution in [-0.4, -0.2) is 11.1 Å². The molecule has 1 aliphatic carbocycles. The van der Waals surface area contributed by atoms with Gasteiger partial charge in [-0.1, -0.05) is 0 Å². The maximum Gasteiger partial charge on any atom is 0.250 e. The molecule has 0 aliphatic heterocycles. The van der Waals surface area contributed by atoms with Gasteiger partial charge in [-0.25, -0.2) is 9.37 Å². The van der Waals surface area contributed by atoms with Gasteiger partial charge in [-0.3, -0.25) is 0 Å². The van der Waals surface area contributed by atoms with Crippen molar-refractivity contribution in [1.82, 2.24) is 4.98 Å². The third-order valence-electron chi connectivity index (χ3n) is 1.53. The van der Waals surface area contributed by atoms with Gasteiger partial charge in [0.2, 0.25) is 0 Å². The second-order valence-electron chi connectivity index (χ2n) is 2.61. The Morgan fingerprint density at radius 2 is 2.36 bits per heavy atom. The standard InChI is InChI=1S/C8H8FNO/c9-7-2-1-5-10-8(7)11-6-3-4-6/h1-2,5-6H,3-4H2. The first-order valence-electron chi connectivity index (χ1n) is 3.63. The Labute approximate surface area is 64.0 Å². The van der Waals surface area contributed by atoms with Gasteiger partial charge in [-0.15, -0.1) is 0 Å². The fourth-order valence-electron chi connectivity index (χ4n) is 0.802. The Balaban J connectivity index is 2.15. The number of aromatic nitrogens is 1. The first-order valence-corrected chi connectivity index (χ1v) is 3.63. The molecule has 58 valence electrons. The van der Waals surface area contributed by atoms with Crippen molar-refractivity contribution in [3.63, 3.8) is 0 Å². The minimum atomic E-state index is -0.376. The maximum atomic E-state index is 12.8. The van der Waals surface area contributed by atoms with E-state index in [2.05, 4.69) is 4.98 Å². The Morgan fingerprint density at radius 3 is 3.00 bits per heavy atom. The first-order chi connectivity index (χ1) is 5.36. The van der Waals surface area contributed by atoms with Crippen molar-refractivity contribution in [3.05, 3.63) is 24.1 Å². The van der Waals surface area contributed by atoms with E-state index in [4.69, 9.17) is 4.74 Å². The van der Waals surface area contributed by atoms with E-state index in [1.807, 2.05) is 0 Å². The Morgan fingerprint density at radius 1 is 1.55 bits per heavy atom. The van der Waals surface area contributed by atoms with E-state index in [1.165, 1.54) is 12.3 Å². The van der Waals surface area contributed by atoms with Crippen LogP contribution in [0.4, 0.5) is 4.39 Å². The van der Waals surface area contributed by atoms with Crippen LogP contribution in [0.15, 0.2) is 18.3 Å². The first kappa shape index (κ1) is 6.58. The summed E-state index contributed by atoms with van der Waals surface area (Å²) in [4.78, 5) is 3.76. The molecule has 1 aromatic heterocycles. The van der Waals surface area contributed by atoms with Gasteiger partial charge in [-0.05, 0) is 25.0 Å². The van der Waals surface area contributed by atoms with Gasteiger partial charge < -0.3 is 4.74 Å². The van der Waals surface area contributed by atoms with Gasteiger partial charge in [0, 0.05) is 6.20 Å². The fraction of sp³-hybridized carbons (Fsp3) is 0.375. The third kappa shape index (κ3) is 1.48. The summed E-state index contributed by atoms with van der Waals surface area (Å²) in [5.74, 6) is -0.241. The molecule has 2 nitrogen and oxygen atoms in total. The van der Waals surface area contributed by atoms with E-state index in [9.17, 15) is 4.39 Å². The van der Waals surface area contributed by atoms with Crippen molar-refractivity contribution in [2.24, 2.45) is 0 Å². The number of rotatable bonds is 2. The average Bonchev–Trinajstić information content (AvgIpc) is 2.78. The fourth-order valence-corrected chi connectivity index (χ4v) is 0.802. The molecule has 0 N–H and O–H groups in total. The molecule has 0 atom stereocenters. The van der Waals surface area contributed by atoms with Crippen LogP contribution in [-0.2, 0) is 0 Å². The second kappa shape index (κ2) is 2.49. The molecular weight excluding hydrogens is 145 g/mol. The number of hydrogen-bond acceptors (Lipinski definition) is 2. The Hall–Kier alpha value is -1.12. The lowest BCUT2D eigenvalue weighted by Crippen LogP contribution is -1.99. The summed E-state index contributed by atoms with van der Waals surface area (Å²) in [7, 11) is 0. The summed E-state index contributed by atoms with van der Waals surface area (Å²) in [5.41, 5.74) is 0. The van der Waals surface area contributed by atoms with Crippen LogP contribution in [0.2, 0.25) is 0 Å². The van der Waals surface area contributed by atoms with Crippen LogP contribution in [0, 0.1) is 5.82 Å². The number of halogens is 1. The van der Waals surface area contributed by atoms with Gasteiger partial charge in [0.05, 0.1) is 0 Å². The minimum Gasteiger partial charge on any atom is -0.472 e. The predicted molar refractivity (Wildman–Crippen MR) is 37.8 cm³/mol. The molecule has 0 saturated heterocycles. The van der Waals surface area contributed by atoms with E-state index in [1.54, 1.807) is 6.07 Å². The van der Waals surface area contributed by atoms with Crippen molar-refractivity contribution in [1.29, 1.82) is 0 Å². The number of ether oxygens (including phenoxy) is 1. The number of hydrogen-bond donors (Lipinski definition) is 0.